The van der Waals surface area contributed by atoms with Crippen LogP contribution >= 0.6 is 31.9 Å². The van der Waals surface area contributed by atoms with Crippen molar-refractivity contribution in [3.8, 4) is 0 Å². The first kappa shape index (κ1) is 22.9. The average Bonchev–Trinajstić information content (AvgIpc) is 3.23. The van der Waals surface area contributed by atoms with Crippen LogP contribution in [-0.2, 0) is 9.59 Å². The molecule has 4 rings (SSSR count). The van der Waals surface area contributed by atoms with Gasteiger partial charge in [-0.1, -0.05) is 26.7 Å². The second kappa shape index (κ2) is 9.67. The Bertz CT molecular complexity index is 1020. The van der Waals surface area contributed by atoms with Crippen molar-refractivity contribution in [2.24, 2.45) is 0 Å². The lowest BCUT2D eigenvalue weighted by molar-refractivity contribution is -0.124. The number of halogens is 2. The molecule has 6 nitrogen and oxygen atoms in total. The van der Waals surface area contributed by atoms with E-state index in [1.807, 2.05) is 24.3 Å². The highest BCUT2D eigenvalue weighted by atomic mass is 79.9. The lowest BCUT2D eigenvalue weighted by atomic mass is 10.1. The third-order valence-electron chi connectivity index (χ3n) is 5.59. The fourth-order valence-corrected chi connectivity index (χ4v) is 4.49. The first-order valence-corrected chi connectivity index (χ1v) is 12.4. The molecule has 0 radical (unpaired) electrons. The Balaban J connectivity index is 1.95. The number of nitrogens with zero attached hydrogens (tertiary/aromatic N) is 4. The maximum atomic E-state index is 13.7. The summed E-state index contributed by atoms with van der Waals surface area (Å²) in [5, 5.41) is 0. The van der Waals surface area contributed by atoms with Gasteiger partial charge in [0.05, 0.1) is 33.9 Å². The SMILES string of the molecule is CCCCN1C(=O)C2=C(c3ccc(Br)cn3)N(CCCC)C(=O)C2=C1c1ccc(Br)cn1. The molecule has 0 aromatic carbocycles. The standard InChI is InChI=1S/C24H24Br2N4O2/c1-3-5-11-29-21(17-9-7-15(25)13-27-17)19-20(23(29)31)22(18-10-8-16(26)14-28-18)30(24(19)32)12-6-4-2/h7-10,13-14H,3-6,11-12H2,1-2H3. The zero-order chi connectivity index (χ0) is 22.8. The van der Waals surface area contributed by atoms with E-state index in [2.05, 4.69) is 55.7 Å². The molecule has 0 spiro atoms. The van der Waals surface area contributed by atoms with Crippen molar-refractivity contribution >= 4 is 55.1 Å². The summed E-state index contributed by atoms with van der Waals surface area (Å²) in [5.41, 5.74) is 3.33. The summed E-state index contributed by atoms with van der Waals surface area (Å²) in [4.78, 5) is 40.0. The number of carbonyl (C=O) groups is 2. The largest absolute Gasteiger partial charge is 0.305 e. The first-order valence-electron chi connectivity index (χ1n) is 10.8. The van der Waals surface area contributed by atoms with Crippen LogP contribution in [0.3, 0.4) is 0 Å². The first-order chi connectivity index (χ1) is 15.5. The Kier molecular flexibility index (Phi) is 6.90. The lowest BCUT2D eigenvalue weighted by Crippen LogP contribution is -2.31. The molecule has 0 aliphatic carbocycles. The van der Waals surface area contributed by atoms with Crippen LogP contribution in [0.15, 0.2) is 56.8 Å². The molecule has 0 N–H and O–H groups in total. The molecule has 0 saturated heterocycles. The van der Waals surface area contributed by atoms with Gasteiger partial charge in [-0.25, -0.2) is 0 Å². The topological polar surface area (TPSA) is 66.4 Å². The molecule has 0 bridgehead atoms. The van der Waals surface area contributed by atoms with Crippen molar-refractivity contribution in [2.75, 3.05) is 13.1 Å². The summed E-state index contributed by atoms with van der Waals surface area (Å²) in [7, 11) is 0. The van der Waals surface area contributed by atoms with E-state index >= 15 is 0 Å². The van der Waals surface area contributed by atoms with Crippen molar-refractivity contribution in [3.05, 3.63) is 68.1 Å². The molecule has 2 aliphatic heterocycles. The fraction of sp³-hybridized carbons (Fsp3) is 0.333. The smallest absolute Gasteiger partial charge is 0.261 e. The number of aromatic nitrogens is 2. The van der Waals surface area contributed by atoms with Gasteiger partial charge in [0.2, 0.25) is 0 Å². The number of hydrogen-bond acceptors (Lipinski definition) is 4. The van der Waals surface area contributed by atoms with Crippen LogP contribution in [0.2, 0.25) is 0 Å². The fourth-order valence-electron chi connectivity index (χ4n) is 4.02. The highest BCUT2D eigenvalue weighted by molar-refractivity contribution is 9.10. The Hall–Kier alpha value is -2.32. The maximum Gasteiger partial charge on any atom is 0.261 e. The molecular weight excluding hydrogens is 536 g/mol. The van der Waals surface area contributed by atoms with Gasteiger partial charge in [0.15, 0.2) is 0 Å². The maximum absolute atomic E-state index is 13.7. The second-order valence-corrected chi connectivity index (χ2v) is 9.62. The minimum Gasteiger partial charge on any atom is -0.305 e. The van der Waals surface area contributed by atoms with E-state index in [9.17, 15) is 9.59 Å². The van der Waals surface area contributed by atoms with Crippen LogP contribution in [0.5, 0.6) is 0 Å². The molecule has 2 aromatic heterocycles. The van der Waals surface area contributed by atoms with Gasteiger partial charge < -0.3 is 9.80 Å². The van der Waals surface area contributed by atoms with Crippen LogP contribution in [0.1, 0.15) is 50.9 Å². The number of carbonyl (C=O) groups excluding carboxylic acids is 2. The number of pyridine rings is 2. The molecule has 2 amide bonds. The van der Waals surface area contributed by atoms with E-state index in [0.29, 0.717) is 47.0 Å². The summed E-state index contributed by atoms with van der Waals surface area (Å²) in [5.74, 6) is -0.305. The number of rotatable bonds is 8. The molecule has 166 valence electrons. The normalized spacial score (nSPS) is 16.0. The van der Waals surface area contributed by atoms with Crippen molar-refractivity contribution in [2.45, 2.75) is 39.5 Å². The molecule has 32 heavy (non-hydrogen) atoms. The highest BCUT2D eigenvalue weighted by Crippen LogP contribution is 2.46. The predicted molar refractivity (Wildman–Crippen MR) is 131 cm³/mol. The Morgan fingerprint density at radius 3 is 1.44 bits per heavy atom. The third-order valence-corrected chi connectivity index (χ3v) is 6.53. The van der Waals surface area contributed by atoms with Gasteiger partial charge in [-0.2, -0.15) is 0 Å². The number of hydrogen-bond donors (Lipinski definition) is 0. The molecule has 4 heterocycles. The zero-order valence-electron chi connectivity index (χ0n) is 18.1. The van der Waals surface area contributed by atoms with Gasteiger partial charge in [0.1, 0.15) is 0 Å². The Morgan fingerprint density at radius 1 is 0.719 bits per heavy atom. The molecular formula is C24H24Br2N4O2. The summed E-state index contributed by atoms with van der Waals surface area (Å²) in [6.07, 6.45) is 6.95. The highest BCUT2D eigenvalue weighted by Gasteiger charge is 2.49. The quantitative estimate of drug-likeness (QED) is 0.434. The average molecular weight is 560 g/mol. The monoisotopic (exact) mass is 558 g/mol. The minimum atomic E-state index is -0.153. The predicted octanol–water partition coefficient (Wildman–Crippen LogP) is 5.41. The van der Waals surface area contributed by atoms with Crippen molar-refractivity contribution in [1.29, 1.82) is 0 Å². The van der Waals surface area contributed by atoms with Crippen LogP contribution in [0.25, 0.3) is 11.4 Å². The van der Waals surface area contributed by atoms with Gasteiger partial charge in [-0.05, 0) is 69.0 Å². The molecule has 0 fully saturated rings. The molecule has 2 aromatic rings. The summed E-state index contributed by atoms with van der Waals surface area (Å²) in [6.45, 7) is 5.25. The van der Waals surface area contributed by atoms with Gasteiger partial charge in [0.25, 0.3) is 11.8 Å². The lowest BCUT2D eigenvalue weighted by Gasteiger charge is -2.24. The summed E-state index contributed by atoms with van der Waals surface area (Å²) >= 11 is 6.84. The van der Waals surface area contributed by atoms with Crippen LogP contribution in [-0.4, -0.2) is 44.7 Å². The van der Waals surface area contributed by atoms with E-state index in [1.165, 1.54) is 0 Å². The van der Waals surface area contributed by atoms with E-state index < -0.39 is 0 Å². The Labute approximate surface area is 204 Å². The van der Waals surface area contributed by atoms with Crippen molar-refractivity contribution < 1.29 is 9.59 Å². The van der Waals surface area contributed by atoms with Gasteiger partial charge in [-0.15, -0.1) is 0 Å². The number of unbranched alkanes of at least 4 members (excludes halogenated alkanes) is 2. The van der Waals surface area contributed by atoms with Gasteiger partial charge in [0, 0.05) is 34.4 Å². The number of fused-ring (bicyclic) bond motifs is 1. The van der Waals surface area contributed by atoms with Crippen molar-refractivity contribution in [3.63, 3.8) is 0 Å². The zero-order valence-corrected chi connectivity index (χ0v) is 21.2. The van der Waals surface area contributed by atoms with Crippen LogP contribution < -0.4 is 0 Å². The minimum absolute atomic E-state index is 0.153. The van der Waals surface area contributed by atoms with Crippen LogP contribution in [0, 0.1) is 0 Å². The van der Waals surface area contributed by atoms with Crippen molar-refractivity contribution in [1.82, 2.24) is 19.8 Å². The molecule has 2 aliphatic rings. The van der Waals surface area contributed by atoms with Gasteiger partial charge >= 0.3 is 0 Å². The molecule has 8 heteroatoms. The van der Waals surface area contributed by atoms with Crippen LogP contribution in [0.4, 0.5) is 0 Å². The van der Waals surface area contributed by atoms with E-state index in [4.69, 9.17) is 0 Å². The van der Waals surface area contributed by atoms with E-state index in [1.54, 1.807) is 22.2 Å². The number of amides is 2. The van der Waals surface area contributed by atoms with E-state index in [0.717, 1.165) is 34.6 Å². The third kappa shape index (κ3) is 4.06. The Morgan fingerprint density at radius 2 is 1.12 bits per heavy atom. The van der Waals surface area contributed by atoms with Gasteiger partial charge in [-0.3, -0.25) is 19.6 Å². The molecule has 0 saturated carbocycles. The molecule has 0 unspecified atom stereocenters. The second-order valence-electron chi connectivity index (χ2n) is 7.79. The van der Waals surface area contributed by atoms with E-state index in [-0.39, 0.29) is 11.8 Å². The molecule has 0 atom stereocenters. The summed E-state index contributed by atoms with van der Waals surface area (Å²) in [6, 6.07) is 7.46. The summed E-state index contributed by atoms with van der Waals surface area (Å²) < 4.78 is 1.68.